The highest BCUT2D eigenvalue weighted by Crippen LogP contribution is 2.36. The number of rotatable bonds is 7. The summed E-state index contributed by atoms with van der Waals surface area (Å²) in [6, 6.07) is 5.32. The maximum absolute atomic E-state index is 13.1. The quantitative estimate of drug-likeness (QED) is 0.685. The van der Waals surface area contributed by atoms with Crippen LogP contribution in [0.2, 0.25) is 5.02 Å². The van der Waals surface area contributed by atoms with Crippen LogP contribution in [0.15, 0.2) is 53.1 Å². The molecule has 31 heavy (non-hydrogen) atoms. The number of hydrogen-bond acceptors (Lipinski definition) is 7. The van der Waals surface area contributed by atoms with Crippen molar-refractivity contribution in [1.29, 1.82) is 0 Å². The van der Waals surface area contributed by atoms with Crippen LogP contribution in [0.1, 0.15) is 0 Å². The number of nitrogens with one attached hydrogen (secondary N) is 2. The molecule has 0 saturated carbocycles. The lowest BCUT2D eigenvalue weighted by atomic mass is 10.1. The number of likely N-dealkylation sites (N-methyl/N-ethyl adjacent to an activating group) is 1. The van der Waals surface area contributed by atoms with Gasteiger partial charge in [-0.25, -0.2) is 10.4 Å². The summed E-state index contributed by atoms with van der Waals surface area (Å²) in [5.74, 6) is 0.962. The smallest absolute Gasteiger partial charge is 0.256 e. The fourth-order valence-corrected chi connectivity index (χ4v) is 3.51. The Balaban J connectivity index is 1.69. The van der Waals surface area contributed by atoms with Gasteiger partial charge in [0.15, 0.2) is 5.82 Å². The zero-order chi connectivity index (χ0) is 22.0. The Kier molecular flexibility index (Phi) is 6.08. The molecule has 4 rings (SSSR count). The van der Waals surface area contributed by atoms with Gasteiger partial charge in [0.05, 0.1) is 24.9 Å². The van der Waals surface area contributed by atoms with Crippen LogP contribution in [-0.2, 0) is 11.3 Å². The Morgan fingerprint density at radius 2 is 2.23 bits per heavy atom. The van der Waals surface area contributed by atoms with E-state index < -0.39 is 0 Å². The van der Waals surface area contributed by atoms with E-state index >= 15 is 0 Å². The third-order valence-electron chi connectivity index (χ3n) is 4.92. The molecule has 3 heterocycles. The van der Waals surface area contributed by atoms with Crippen molar-refractivity contribution in [1.82, 2.24) is 25.1 Å². The van der Waals surface area contributed by atoms with Gasteiger partial charge in [-0.05, 0) is 38.4 Å². The summed E-state index contributed by atoms with van der Waals surface area (Å²) in [5.41, 5.74) is 5.54. The molecule has 1 aromatic heterocycles. The summed E-state index contributed by atoms with van der Waals surface area (Å²) in [4.78, 5) is 19.5. The molecule has 0 unspecified atom stereocenters. The molecular formula is C21H24ClN7O2. The Labute approximate surface area is 185 Å². The Morgan fingerprint density at radius 3 is 3.00 bits per heavy atom. The SMILES string of the molecule is COc1ccc(Cl)cc1-c1nn(CCN(C)C)cc1NC(=O)C1=C2N=CC=CN2NC1. The van der Waals surface area contributed by atoms with E-state index in [-0.39, 0.29) is 5.91 Å². The molecule has 10 heteroatoms. The highest BCUT2D eigenvalue weighted by molar-refractivity contribution is 6.31. The fourth-order valence-electron chi connectivity index (χ4n) is 3.34. The fraction of sp³-hybridized carbons (Fsp3) is 0.286. The third kappa shape index (κ3) is 4.48. The van der Waals surface area contributed by atoms with Crippen molar-refractivity contribution in [3.8, 4) is 17.0 Å². The van der Waals surface area contributed by atoms with Gasteiger partial charge in [-0.2, -0.15) is 5.10 Å². The van der Waals surface area contributed by atoms with E-state index in [0.29, 0.717) is 52.2 Å². The van der Waals surface area contributed by atoms with Crippen LogP contribution in [0.25, 0.3) is 11.3 Å². The molecule has 0 radical (unpaired) electrons. The van der Waals surface area contributed by atoms with Crippen molar-refractivity contribution in [2.75, 3.05) is 39.6 Å². The number of aliphatic imine (C=N–C) groups is 1. The van der Waals surface area contributed by atoms with E-state index in [1.54, 1.807) is 42.6 Å². The number of methoxy groups -OCH3 is 1. The highest BCUT2D eigenvalue weighted by Gasteiger charge is 2.28. The van der Waals surface area contributed by atoms with Crippen LogP contribution < -0.4 is 15.5 Å². The summed E-state index contributed by atoms with van der Waals surface area (Å²) < 4.78 is 7.32. The maximum Gasteiger partial charge on any atom is 0.256 e. The summed E-state index contributed by atoms with van der Waals surface area (Å²) in [7, 11) is 5.59. The van der Waals surface area contributed by atoms with E-state index in [0.717, 1.165) is 6.54 Å². The molecule has 1 aromatic carbocycles. The van der Waals surface area contributed by atoms with Crippen molar-refractivity contribution in [3.63, 3.8) is 0 Å². The molecule has 0 aliphatic carbocycles. The van der Waals surface area contributed by atoms with Gasteiger partial charge >= 0.3 is 0 Å². The van der Waals surface area contributed by atoms with E-state index in [1.165, 1.54) is 0 Å². The number of ether oxygens (including phenoxy) is 1. The molecule has 0 atom stereocenters. The van der Waals surface area contributed by atoms with E-state index in [1.807, 2.05) is 31.2 Å². The molecule has 0 fully saturated rings. The molecule has 2 aliphatic rings. The van der Waals surface area contributed by atoms with Crippen molar-refractivity contribution >= 4 is 29.4 Å². The Hall–Kier alpha value is -3.14. The average molecular weight is 442 g/mol. The number of amides is 1. The molecule has 2 N–H and O–H groups in total. The molecule has 162 valence electrons. The predicted octanol–water partition coefficient (Wildman–Crippen LogP) is 2.34. The lowest BCUT2D eigenvalue weighted by Gasteiger charge is -2.15. The molecule has 9 nitrogen and oxygen atoms in total. The van der Waals surface area contributed by atoms with Gasteiger partial charge < -0.3 is 15.0 Å². The van der Waals surface area contributed by atoms with Crippen molar-refractivity contribution < 1.29 is 9.53 Å². The number of halogens is 1. The molecule has 2 aromatic rings. The van der Waals surface area contributed by atoms with Gasteiger partial charge in [0.1, 0.15) is 11.4 Å². The normalized spacial score (nSPS) is 15.1. The number of nitrogens with zero attached hydrogens (tertiary/aromatic N) is 5. The Bertz CT molecular complexity index is 1090. The number of carbonyl (C=O) groups excluding carboxylic acids is 1. The summed E-state index contributed by atoms with van der Waals surface area (Å²) in [6.07, 6.45) is 7.11. The minimum Gasteiger partial charge on any atom is -0.496 e. The van der Waals surface area contributed by atoms with Crippen molar-refractivity contribution in [2.24, 2.45) is 4.99 Å². The van der Waals surface area contributed by atoms with E-state index in [2.05, 4.69) is 20.6 Å². The van der Waals surface area contributed by atoms with Gasteiger partial charge in [-0.1, -0.05) is 11.6 Å². The van der Waals surface area contributed by atoms with Gasteiger partial charge in [-0.3, -0.25) is 14.5 Å². The van der Waals surface area contributed by atoms with Crippen LogP contribution >= 0.6 is 11.6 Å². The number of aromatic nitrogens is 2. The minimum atomic E-state index is -0.244. The summed E-state index contributed by atoms with van der Waals surface area (Å²) >= 11 is 6.24. The summed E-state index contributed by atoms with van der Waals surface area (Å²) in [5, 5.41) is 10.0. The highest BCUT2D eigenvalue weighted by atomic mass is 35.5. The molecule has 0 spiro atoms. The second-order valence-electron chi connectivity index (χ2n) is 7.38. The number of fused-ring (bicyclic) bond motifs is 1. The largest absolute Gasteiger partial charge is 0.496 e. The lowest BCUT2D eigenvalue weighted by Crippen LogP contribution is -2.27. The first-order valence-electron chi connectivity index (χ1n) is 9.80. The Morgan fingerprint density at radius 1 is 1.39 bits per heavy atom. The molecule has 0 bridgehead atoms. The standard InChI is InChI=1S/C21H24ClN7O2/c1-27(2)9-10-28-13-17(19(26-28)15-11-14(22)5-6-18(15)31-3)25-21(30)16-12-24-29-8-4-7-23-20(16)29/h4-8,11,13,24H,9-10,12H2,1-3H3,(H,25,30). The average Bonchev–Trinajstić information content (AvgIpc) is 3.36. The van der Waals surface area contributed by atoms with Gasteiger partial charge in [0.2, 0.25) is 0 Å². The predicted molar refractivity (Wildman–Crippen MR) is 121 cm³/mol. The van der Waals surface area contributed by atoms with Crippen LogP contribution in [-0.4, -0.2) is 66.1 Å². The zero-order valence-corrected chi connectivity index (χ0v) is 18.3. The number of hydrogen-bond donors (Lipinski definition) is 2. The first kappa shape index (κ1) is 21.1. The van der Waals surface area contributed by atoms with Gasteiger partial charge in [0.25, 0.3) is 5.91 Å². The molecule has 0 saturated heterocycles. The number of benzene rings is 1. The van der Waals surface area contributed by atoms with E-state index in [4.69, 9.17) is 21.4 Å². The monoisotopic (exact) mass is 441 g/mol. The number of allylic oxidation sites excluding steroid dienone is 1. The second-order valence-corrected chi connectivity index (χ2v) is 7.82. The van der Waals surface area contributed by atoms with Crippen LogP contribution in [0.3, 0.4) is 0 Å². The second kappa shape index (κ2) is 8.93. The van der Waals surface area contributed by atoms with Crippen LogP contribution in [0, 0.1) is 0 Å². The number of carbonyl (C=O) groups is 1. The van der Waals surface area contributed by atoms with Gasteiger partial charge in [-0.15, -0.1) is 0 Å². The first-order chi connectivity index (χ1) is 15.0. The zero-order valence-electron chi connectivity index (χ0n) is 17.6. The van der Waals surface area contributed by atoms with Crippen LogP contribution in [0.5, 0.6) is 5.75 Å². The van der Waals surface area contributed by atoms with E-state index in [9.17, 15) is 4.79 Å². The van der Waals surface area contributed by atoms with Gasteiger partial charge in [0, 0.05) is 42.3 Å². The molecular weight excluding hydrogens is 418 g/mol. The third-order valence-corrected chi connectivity index (χ3v) is 5.15. The maximum atomic E-state index is 13.1. The first-order valence-corrected chi connectivity index (χ1v) is 10.2. The number of hydrazine groups is 1. The topological polar surface area (TPSA) is 87.0 Å². The lowest BCUT2D eigenvalue weighted by molar-refractivity contribution is -0.112. The van der Waals surface area contributed by atoms with Crippen LogP contribution in [0.4, 0.5) is 5.69 Å². The minimum absolute atomic E-state index is 0.244. The van der Waals surface area contributed by atoms with Crippen molar-refractivity contribution in [2.45, 2.75) is 6.54 Å². The number of anilines is 1. The molecule has 1 amide bonds. The van der Waals surface area contributed by atoms with Crippen molar-refractivity contribution in [3.05, 3.63) is 53.1 Å². The molecule has 2 aliphatic heterocycles. The summed E-state index contributed by atoms with van der Waals surface area (Å²) in [6.45, 7) is 1.85.